The van der Waals surface area contributed by atoms with Gasteiger partial charge in [0.05, 0.1) is 25.5 Å². The van der Waals surface area contributed by atoms with E-state index in [1.165, 1.54) is 0 Å². The number of hydrogen-bond donors (Lipinski definition) is 0. The van der Waals surface area contributed by atoms with Crippen LogP contribution in [0.15, 0.2) is 24.4 Å². The van der Waals surface area contributed by atoms with E-state index in [1.54, 1.807) is 24.9 Å². The lowest BCUT2D eigenvalue weighted by Crippen LogP contribution is -2.21. The number of hydrogen-bond acceptors (Lipinski definition) is 6. The molecule has 0 aliphatic heterocycles. The van der Waals surface area contributed by atoms with Gasteiger partial charge in [0.15, 0.2) is 23.1 Å². The van der Waals surface area contributed by atoms with Crippen LogP contribution >= 0.6 is 0 Å². The van der Waals surface area contributed by atoms with E-state index in [4.69, 9.17) is 9.47 Å². The molecule has 0 unspecified atom stereocenters. The Hall–Kier alpha value is -2.96. The number of ether oxygens (including phenoxy) is 2. The maximum Gasteiger partial charge on any atom is 0.252 e. The highest BCUT2D eigenvalue weighted by molar-refractivity contribution is 5.98. The molecule has 2 heterocycles. The van der Waals surface area contributed by atoms with E-state index in [0.717, 1.165) is 23.5 Å². The molecule has 0 radical (unpaired) electrons. The summed E-state index contributed by atoms with van der Waals surface area (Å²) in [5.74, 6) is 2.74. The number of aryl methyl sites for hydroxylation is 1. The van der Waals surface area contributed by atoms with Gasteiger partial charge in [0.25, 0.3) is 5.78 Å². The van der Waals surface area contributed by atoms with Crippen molar-refractivity contribution in [2.45, 2.75) is 32.1 Å². The topological polar surface area (TPSA) is 78.6 Å². The van der Waals surface area contributed by atoms with Gasteiger partial charge in [0, 0.05) is 19.0 Å². The number of nitrogens with zero attached hydrogens (tertiary/aromatic N) is 4. The molecule has 0 saturated carbocycles. The predicted octanol–water partition coefficient (Wildman–Crippen LogP) is 2.62. The van der Waals surface area contributed by atoms with Gasteiger partial charge in [-0.25, -0.2) is 9.50 Å². The molecule has 0 spiro atoms. The van der Waals surface area contributed by atoms with Crippen molar-refractivity contribution >= 4 is 11.6 Å². The van der Waals surface area contributed by atoms with E-state index in [2.05, 4.69) is 15.1 Å². The minimum Gasteiger partial charge on any atom is -0.493 e. The summed E-state index contributed by atoms with van der Waals surface area (Å²) in [5, 5.41) is 4.35. The average Bonchev–Trinajstić information content (AvgIpc) is 3.08. The number of benzene rings is 1. The fourth-order valence-corrected chi connectivity index (χ4v) is 3.42. The summed E-state index contributed by atoms with van der Waals surface area (Å²) in [5.41, 5.74) is 2.46. The van der Waals surface area contributed by atoms with Crippen molar-refractivity contribution in [2.75, 3.05) is 14.2 Å². The molecule has 0 N–H and O–H groups in total. The lowest BCUT2D eigenvalue weighted by Gasteiger charge is -2.23. The summed E-state index contributed by atoms with van der Waals surface area (Å²) in [7, 11) is 3.22. The SMILES string of the molecule is CCc1nc2nc3c(cn2n1)C(=O)C[C@H](c1ccc(OC)c(OC)c1)C3. The lowest BCUT2D eigenvalue weighted by atomic mass is 9.82. The quantitative estimate of drug-likeness (QED) is 0.718. The summed E-state index contributed by atoms with van der Waals surface area (Å²) >= 11 is 0. The summed E-state index contributed by atoms with van der Waals surface area (Å²) < 4.78 is 12.3. The normalized spacial score (nSPS) is 16.6. The van der Waals surface area contributed by atoms with Gasteiger partial charge in [-0.1, -0.05) is 13.0 Å². The molecule has 1 aliphatic carbocycles. The minimum atomic E-state index is 0.0540. The number of ketones is 1. The van der Waals surface area contributed by atoms with E-state index in [0.29, 0.717) is 35.7 Å². The van der Waals surface area contributed by atoms with Gasteiger partial charge in [-0.2, -0.15) is 4.98 Å². The van der Waals surface area contributed by atoms with E-state index < -0.39 is 0 Å². The third-order valence-corrected chi connectivity index (χ3v) is 4.82. The Bertz CT molecular complexity index is 996. The molecule has 2 aromatic heterocycles. The van der Waals surface area contributed by atoms with Crippen LogP contribution in [-0.2, 0) is 12.8 Å². The van der Waals surface area contributed by atoms with E-state index >= 15 is 0 Å². The summed E-state index contributed by atoms with van der Waals surface area (Å²) in [6, 6.07) is 5.79. The molecule has 1 aliphatic rings. The van der Waals surface area contributed by atoms with Crippen molar-refractivity contribution in [3.05, 3.63) is 47.0 Å². The zero-order valence-electron chi connectivity index (χ0n) is 15.0. The monoisotopic (exact) mass is 352 g/mol. The number of aromatic nitrogens is 4. The van der Waals surface area contributed by atoms with Crippen molar-refractivity contribution in [1.29, 1.82) is 0 Å². The second-order valence-electron chi connectivity index (χ2n) is 6.37. The maximum absolute atomic E-state index is 12.7. The number of carbonyl (C=O) groups is 1. The second kappa shape index (κ2) is 6.40. The van der Waals surface area contributed by atoms with Crippen LogP contribution in [0, 0.1) is 0 Å². The molecule has 26 heavy (non-hydrogen) atoms. The molecule has 0 fully saturated rings. The van der Waals surface area contributed by atoms with Gasteiger partial charge in [0.2, 0.25) is 0 Å². The number of carbonyl (C=O) groups excluding carboxylic acids is 1. The molecule has 0 saturated heterocycles. The molecule has 134 valence electrons. The molecule has 0 amide bonds. The van der Waals surface area contributed by atoms with Crippen molar-refractivity contribution in [1.82, 2.24) is 19.6 Å². The molecule has 1 atom stereocenters. The Kier molecular flexibility index (Phi) is 4.06. The van der Waals surface area contributed by atoms with Gasteiger partial charge in [-0.3, -0.25) is 4.79 Å². The van der Waals surface area contributed by atoms with Crippen LogP contribution in [0.2, 0.25) is 0 Å². The third-order valence-electron chi connectivity index (χ3n) is 4.82. The first-order valence-corrected chi connectivity index (χ1v) is 8.63. The Morgan fingerprint density at radius 3 is 2.69 bits per heavy atom. The molecular weight excluding hydrogens is 332 g/mol. The van der Waals surface area contributed by atoms with E-state index in [-0.39, 0.29) is 11.7 Å². The second-order valence-corrected chi connectivity index (χ2v) is 6.37. The highest BCUT2D eigenvalue weighted by atomic mass is 16.5. The van der Waals surface area contributed by atoms with Gasteiger partial charge in [0.1, 0.15) is 0 Å². The van der Waals surface area contributed by atoms with Crippen LogP contribution in [0.4, 0.5) is 0 Å². The van der Waals surface area contributed by atoms with Crippen molar-refractivity contribution in [2.24, 2.45) is 0 Å². The van der Waals surface area contributed by atoms with Crippen LogP contribution < -0.4 is 9.47 Å². The van der Waals surface area contributed by atoms with Crippen LogP contribution in [0.5, 0.6) is 11.5 Å². The largest absolute Gasteiger partial charge is 0.493 e. The van der Waals surface area contributed by atoms with Crippen LogP contribution in [0.3, 0.4) is 0 Å². The Balaban J connectivity index is 1.72. The first kappa shape index (κ1) is 16.5. The van der Waals surface area contributed by atoms with Crippen molar-refractivity contribution < 1.29 is 14.3 Å². The van der Waals surface area contributed by atoms with Crippen LogP contribution in [-0.4, -0.2) is 39.6 Å². The molecule has 0 bridgehead atoms. The van der Waals surface area contributed by atoms with Gasteiger partial charge < -0.3 is 9.47 Å². The minimum absolute atomic E-state index is 0.0540. The number of methoxy groups -OCH3 is 2. The standard InChI is InChI=1S/C19H20N4O3/c1-4-18-21-19-20-14-7-12(8-15(24)13(14)10-23(19)22-18)11-5-6-16(25-2)17(9-11)26-3/h5-6,9-10,12H,4,7-8H2,1-3H3/t12-/m1/s1. The van der Waals surface area contributed by atoms with Crippen molar-refractivity contribution in [3.8, 4) is 11.5 Å². The Morgan fingerprint density at radius 2 is 1.96 bits per heavy atom. The Labute approximate surface area is 151 Å². The van der Waals surface area contributed by atoms with E-state index in [9.17, 15) is 4.79 Å². The third kappa shape index (κ3) is 2.69. The fraction of sp³-hybridized carbons (Fsp3) is 0.368. The molecule has 7 heteroatoms. The average molecular weight is 352 g/mol. The van der Waals surface area contributed by atoms with Crippen molar-refractivity contribution in [3.63, 3.8) is 0 Å². The molecule has 7 nitrogen and oxygen atoms in total. The highest BCUT2D eigenvalue weighted by Crippen LogP contribution is 2.36. The zero-order chi connectivity index (χ0) is 18.3. The van der Waals surface area contributed by atoms with Gasteiger partial charge in [-0.15, -0.1) is 5.10 Å². The molecule has 4 rings (SSSR count). The van der Waals surface area contributed by atoms with E-state index in [1.807, 2.05) is 25.1 Å². The first-order chi connectivity index (χ1) is 12.6. The smallest absolute Gasteiger partial charge is 0.252 e. The van der Waals surface area contributed by atoms with Crippen LogP contribution in [0.25, 0.3) is 5.78 Å². The summed E-state index contributed by atoms with van der Waals surface area (Å²) in [4.78, 5) is 21.7. The molecule has 1 aromatic carbocycles. The lowest BCUT2D eigenvalue weighted by molar-refractivity contribution is 0.0962. The number of Topliss-reactive ketones (excluding diaryl/α,β-unsaturated/α-hetero) is 1. The predicted molar refractivity (Wildman–Crippen MR) is 95.1 cm³/mol. The van der Waals surface area contributed by atoms with Gasteiger partial charge in [-0.05, 0) is 30.0 Å². The fourth-order valence-electron chi connectivity index (χ4n) is 3.42. The van der Waals surface area contributed by atoms with Crippen LogP contribution in [0.1, 0.15) is 46.7 Å². The zero-order valence-corrected chi connectivity index (χ0v) is 15.0. The Morgan fingerprint density at radius 1 is 1.15 bits per heavy atom. The van der Waals surface area contributed by atoms with Gasteiger partial charge >= 0.3 is 0 Å². The molecular formula is C19H20N4O3. The highest BCUT2D eigenvalue weighted by Gasteiger charge is 2.29. The summed E-state index contributed by atoms with van der Waals surface area (Å²) in [6.07, 6.45) is 3.61. The number of rotatable bonds is 4. The first-order valence-electron chi connectivity index (χ1n) is 8.63. The number of fused-ring (bicyclic) bond motifs is 2. The maximum atomic E-state index is 12.7. The summed E-state index contributed by atoms with van der Waals surface area (Å²) in [6.45, 7) is 1.99. The molecule has 3 aromatic rings.